The Kier molecular flexibility index (Phi) is 3.90. The highest BCUT2D eigenvalue weighted by molar-refractivity contribution is 6.05. The van der Waals surface area contributed by atoms with Gasteiger partial charge in [-0.1, -0.05) is 32.4 Å². The van der Waals surface area contributed by atoms with Crippen LogP contribution in [0.25, 0.3) is 22.1 Å². The number of anilines is 1. The fourth-order valence-electron chi connectivity index (χ4n) is 2.63. The number of carboxylic acids is 1. The van der Waals surface area contributed by atoms with Gasteiger partial charge in [-0.3, -0.25) is 0 Å². The minimum absolute atomic E-state index is 0.0396. The lowest BCUT2D eigenvalue weighted by atomic mass is 9.99. The van der Waals surface area contributed by atoms with E-state index in [-0.39, 0.29) is 5.92 Å². The molecule has 0 bridgehead atoms. The maximum Gasteiger partial charge on any atom is 0.326 e. The fourth-order valence-corrected chi connectivity index (χ4v) is 2.63. The molecule has 0 radical (unpaired) electrons. The Balaban J connectivity index is 2.15. The Morgan fingerprint density at radius 2 is 2.09 bits per heavy atom. The van der Waals surface area contributed by atoms with Gasteiger partial charge in [-0.15, -0.1) is 0 Å². The summed E-state index contributed by atoms with van der Waals surface area (Å²) in [5.74, 6) is 0.0540. The molecule has 0 spiro atoms. The van der Waals surface area contributed by atoms with Crippen molar-refractivity contribution in [3.63, 3.8) is 0 Å². The topological polar surface area (TPSA) is 88.3 Å². The highest BCUT2D eigenvalue weighted by Crippen LogP contribution is 2.31. The van der Waals surface area contributed by atoms with Crippen LogP contribution in [0.1, 0.15) is 26.1 Å². The van der Waals surface area contributed by atoms with Gasteiger partial charge in [-0.05, 0) is 25.0 Å². The van der Waals surface area contributed by atoms with E-state index in [0.717, 1.165) is 11.8 Å². The molecule has 6 heteroatoms. The quantitative estimate of drug-likeness (QED) is 0.748. The van der Waals surface area contributed by atoms with Gasteiger partial charge in [0.05, 0.1) is 0 Å². The molecule has 3 aromatic rings. The molecular formula is C17H19N3O3. The van der Waals surface area contributed by atoms with Crippen molar-refractivity contribution in [2.75, 3.05) is 5.32 Å². The number of carboxylic acid groups (broad SMARTS) is 1. The van der Waals surface area contributed by atoms with Gasteiger partial charge in [-0.25, -0.2) is 14.8 Å². The van der Waals surface area contributed by atoms with Crippen LogP contribution >= 0.6 is 0 Å². The Labute approximate surface area is 133 Å². The van der Waals surface area contributed by atoms with Gasteiger partial charge in [0.15, 0.2) is 11.4 Å². The summed E-state index contributed by atoms with van der Waals surface area (Å²) in [5, 5.41) is 13.4. The van der Waals surface area contributed by atoms with Crippen molar-refractivity contribution in [2.45, 2.75) is 33.2 Å². The van der Waals surface area contributed by atoms with Gasteiger partial charge < -0.3 is 14.8 Å². The van der Waals surface area contributed by atoms with E-state index in [0.29, 0.717) is 28.3 Å². The van der Waals surface area contributed by atoms with Gasteiger partial charge in [0.1, 0.15) is 23.0 Å². The first-order valence-corrected chi connectivity index (χ1v) is 7.66. The minimum Gasteiger partial charge on any atom is -0.480 e. The molecule has 2 N–H and O–H groups in total. The van der Waals surface area contributed by atoms with Crippen LogP contribution < -0.4 is 5.32 Å². The molecule has 3 rings (SSSR count). The van der Waals surface area contributed by atoms with Crippen molar-refractivity contribution in [3.8, 4) is 0 Å². The number of benzene rings is 1. The summed E-state index contributed by atoms with van der Waals surface area (Å²) >= 11 is 0. The van der Waals surface area contributed by atoms with Crippen LogP contribution in [0.3, 0.4) is 0 Å². The number of hydrogen-bond donors (Lipinski definition) is 2. The van der Waals surface area contributed by atoms with E-state index in [1.54, 1.807) is 6.92 Å². The van der Waals surface area contributed by atoms with E-state index in [1.807, 2.05) is 38.1 Å². The van der Waals surface area contributed by atoms with Gasteiger partial charge in [-0.2, -0.15) is 0 Å². The smallest absolute Gasteiger partial charge is 0.326 e. The molecule has 1 aromatic carbocycles. The number of nitrogens with zero attached hydrogens (tertiary/aromatic N) is 2. The lowest BCUT2D eigenvalue weighted by Crippen LogP contribution is -2.35. The zero-order chi connectivity index (χ0) is 16.6. The van der Waals surface area contributed by atoms with Crippen molar-refractivity contribution < 1.29 is 14.3 Å². The van der Waals surface area contributed by atoms with Gasteiger partial charge in [0.2, 0.25) is 0 Å². The number of rotatable bonds is 5. The lowest BCUT2D eigenvalue weighted by molar-refractivity contribution is -0.139. The molecule has 120 valence electrons. The first kappa shape index (κ1) is 15.3. The number of hydrogen-bond acceptors (Lipinski definition) is 5. The SMILES string of the molecule is CC[C@H](C)[C@H](Nc1nc(C)nc2c1oc1ccccc12)C(=O)O. The number of aryl methyl sites for hydroxylation is 1. The van der Waals surface area contributed by atoms with Crippen LogP contribution in [0.4, 0.5) is 5.82 Å². The van der Waals surface area contributed by atoms with E-state index in [2.05, 4.69) is 15.3 Å². The standard InChI is InChI=1S/C17H19N3O3/c1-4-9(2)13(17(21)22)20-16-15-14(18-10(3)19-16)11-7-5-6-8-12(11)23-15/h5-9,13H,4H2,1-3H3,(H,21,22)(H,18,19,20)/t9-,13-/m0/s1. The van der Waals surface area contributed by atoms with Crippen molar-refractivity contribution in [3.05, 3.63) is 30.1 Å². The molecule has 0 saturated heterocycles. The van der Waals surface area contributed by atoms with Crippen molar-refractivity contribution in [1.29, 1.82) is 0 Å². The fraction of sp³-hybridized carbons (Fsp3) is 0.353. The molecule has 0 amide bonds. The van der Waals surface area contributed by atoms with Crippen molar-refractivity contribution in [1.82, 2.24) is 9.97 Å². The molecule has 2 aromatic heterocycles. The molecule has 0 aliphatic rings. The summed E-state index contributed by atoms with van der Waals surface area (Å²) in [6.45, 7) is 5.64. The summed E-state index contributed by atoms with van der Waals surface area (Å²) in [6.07, 6.45) is 0.747. The van der Waals surface area contributed by atoms with Crippen molar-refractivity contribution in [2.24, 2.45) is 5.92 Å². The third kappa shape index (κ3) is 2.72. The van der Waals surface area contributed by atoms with Crippen LogP contribution in [0, 0.1) is 12.8 Å². The second-order valence-electron chi connectivity index (χ2n) is 5.74. The zero-order valence-corrected chi connectivity index (χ0v) is 13.3. The summed E-state index contributed by atoms with van der Waals surface area (Å²) < 4.78 is 5.85. The van der Waals surface area contributed by atoms with Crippen LogP contribution in [0.5, 0.6) is 0 Å². The average Bonchev–Trinajstić information content (AvgIpc) is 2.90. The highest BCUT2D eigenvalue weighted by Gasteiger charge is 2.26. The number of nitrogens with one attached hydrogen (secondary N) is 1. The van der Waals surface area contributed by atoms with Crippen molar-refractivity contribution >= 4 is 33.9 Å². The number of furan rings is 1. The number of fused-ring (bicyclic) bond motifs is 3. The monoisotopic (exact) mass is 313 g/mol. The first-order valence-electron chi connectivity index (χ1n) is 7.66. The molecule has 0 unspecified atom stereocenters. The Bertz CT molecular complexity index is 872. The highest BCUT2D eigenvalue weighted by atomic mass is 16.4. The van der Waals surface area contributed by atoms with Crippen LogP contribution in [0.15, 0.2) is 28.7 Å². The summed E-state index contributed by atoms with van der Waals surface area (Å²) in [5.41, 5.74) is 1.90. The normalized spacial score (nSPS) is 14.0. The number of carbonyl (C=O) groups is 1. The summed E-state index contributed by atoms with van der Waals surface area (Å²) in [6, 6.07) is 6.86. The zero-order valence-electron chi connectivity index (χ0n) is 13.3. The van der Waals surface area contributed by atoms with E-state index < -0.39 is 12.0 Å². The van der Waals surface area contributed by atoms with Gasteiger partial charge in [0.25, 0.3) is 0 Å². The molecule has 2 atom stereocenters. The maximum atomic E-state index is 11.6. The van der Waals surface area contributed by atoms with E-state index in [4.69, 9.17) is 4.42 Å². The second kappa shape index (κ2) is 5.87. The van der Waals surface area contributed by atoms with Crippen LogP contribution in [-0.4, -0.2) is 27.1 Å². The molecule has 0 fully saturated rings. The molecule has 6 nitrogen and oxygen atoms in total. The van der Waals surface area contributed by atoms with Crippen LogP contribution in [0.2, 0.25) is 0 Å². The third-order valence-electron chi connectivity index (χ3n) is 4.10. The minimum atomic E-state index is -0.903. The van der Waals surface area contributed by atoms with E-state index in [9.17, 15) is 9.90 Å². The molecule has 0 saturated carbocycles. The number of para-hydroxylation sites is 1. The summed E-state index contributed by atoms with van der Waals surface area (Å²) in [4.78, 5) is 20.4. The van der Waals surface area contributed by atoms with Crippen LogP contribution in [-0.2, 0) is 4.79 Å². The Morgan fingerprint density at radius 1 is 1.35 bits per heavy atom. The predicted molar refractivity (Wildman–Crippen MR) is 88.5 cm³/mol. The summed E-state index contributed by atoms with van der Waals surface area (Å²) in [7, 11) is 0. The molecule has 2 heterocycles. The predicted octanol–water partition coefficient (Wildman–Crippen LogP) is 3.60. The number of aromatic nitrogens is 2. The first-order chi connectivity index (χ1) is 11.0. The van der Waals surface area contributed by atoms with Gasteiger partial charge >= 0.3 is 5.97 Å². The van der Waals surface area contributed by atoms with E-state index >= 15 is 0 Å². The largest absolute Gasteiger partial charge is 0.480 e. The molecule has 0 aliphatic carbocycles. The Morgan fingerprint density at radius 3 is 2.78 bits per heavy atom. The Hall–Kier alpha value is -2.63. The average molecular weight is 313 g/mol. The van der Waals surface area contributed by atoms with Gasteiger partial charge in [0, 0.05) is 5.39 Å². The third-order valence-corrected chi connectivity index (χ3v) is 4.10. The maximum absolute atomic E-state index is 11.6. The molecule has 0 aliphatic heterocycles. The lowest BCUT2D eigenvalue weighted by Gasteiger charge is -2.20. The molecular weight excluding hydrogens is 294 g/mol. The number of aliphatic carboxylic acids is 1. The second-order valence-corrected chi connectivity index (χ2v) is 5.74. The molecule has 23 heavy (non-hydrogen) atoms. The van der Waals surface area contributed by atoms with E-state index in [1.165, 1.54) is 0 Å².